The van der Waals surface area contributed by atoms with E-state index in [1.165, 1.54) is 0 Å². The van der Waals surface area contributed by atoms with Crippen molar-refractivity contribution < 1.29 is 14.6 Å². The zero-order valence-corrected chi connectivity index (χ0v) is 8.90. The van der Waals surface area contributed by atoms with Gasteiger partial charge in [-0.3, -0.25) is 0 Å². The van der Waals surface area contributed by atoms with E-state index in [0.29, 0.717) is 12.4 Å². The van der Waals surface area contributed by atoms with Crippen LogP contribution in [0.25, 0.3) is 0 Å². The summed E-state index contributed by atoms with van der Waals surface area (Å²) >= 11 is 0. The highest BCUT2D eigenvalue weighted by atomic mass is 16.5. The van der Waals surface area contributed by atoms with Crippen LogP contribution < -0.4 is 4.74 Å². The Labute approximate surface area is 89.6 Å². The Morgan fingerprint density at radius 3 is 2.73 bits per heavy atom. The molecule has 0 aliphatic carbocycles. The van der Waals surface area contributed by atoms with Gasteiger partial charge in [-0.2, -0.15) is 0 Å². The normalized spacial score (nSPS) is 18.2. The van der Waals surface area contributed by atoms with Gasteiger partial charge >= 0.3 is 0 Å². The van der Waals surface area contributed by atoms with Crippen LogP contribution in [0.2, 0.25) is 0 Å². The maximum Gasteiger partial charge on any atom is 0.160 e. The number of para-hydroxylation sites is 2. The Morgan fingerprint density at radius 2 is 2.13 bits per heavy atom. The van der Waals surface area contributed by atoms with Gasteiger partial charge < -0.3 is 14.6 Å². The molecule has 1 aliphatic heterocycles. The molecule has 1 aromatic rings. The lowest BCUT2D eigenvalue weighted by molar-refractivity contribution is -0.109. The summed E-state index contributed by atoms with van der Waals surface area (Å²) in [4.78, 5) is 0. The lowest BCUT2D eigenvalue weighted by Gasteiger charge is -2.37. The molecule has 1 saturated heterocycles. The van der Waals surface area contributed by atoms with E-state index >= 15 is 0 Å². The molecule has 2 rings (SSSR count). The van der Waals surface area contributed by atoms with Gasteiger partial charge in [0.25, 0.3) is 0 Å². The van der Waals surface area contributed by atoms with Gasteiger partial charge in [-0.25, -0.2) is 0 Å². The third-order valence-electron chi connectivity index (χ3n) is 2.73. The second-order valence-corrected chi connectivity index (χ2v) is 4.37. The Bertz CT molecular complexity index is 331. The van der Waals surface area contributed by atoms with E-state index in [1.807, 2.05) is 6.07 Å². The molecule has 0 atom stereocenters. The van der Waals surface area contributed by atoms with Gasteiger partial charge in [0.1, 0.15) is 0 Å². The van der Waals surface area contributed by atoms with Crippen molar-refractivity contribution in [2.24, 2.45) is 5.41 Å². The number of hydrogen-bond acceptors (Lipinski definition) is 3. The molecular weight excluding hydrogens is 192 g/mol. The molecule has 1 aliphatic rings. The molecule has 0 spiro atoms. The number of phenolic OH excluding ortho intramolecular Hbond substituents is 1. The minimum Gasteiger partial charge on any atom is -0.504 e. The monoisotopic (exact) mass is 208 g/mol. The number of phenols is 1. The highest BCUT2D eigenvalue weighted by Crippen LogP contribution is 2.31. The molecule has 0 radical (unpaired) electrons. The van der Waals surface area contributed by atoms with Crippen molar-refractivity contribution in [3.05, 3.63) is 24.3 Å². The maximum atomic E-state index is 9.46. The fourth-order valence-electron chi connectivity index (χ4n) is 1.58. The standard InChI is InChI=1S/C12H16O3/c1-12(8-14-9-12)6-7-15-11-5-3-2-4-10(11)13/h2-5,13H,6-9H2,1H3. The van der Waals surface area contributed by atoms with E-state index in [0.717, 1.165) is 19.6 Å². The lowest BCUT2D eigenvalue weighted by Crippen LogP contribution is -2.40. The van der Waals surface area contributed by atoms with E-state index in [1.54, 1.807) is 18.2 Å². The van der Waals surface area contributed by atoms with Gasteiger partial charge in [-0.05, 0) is 18.6 Å². The summed E-state index contributed by atoms with van der Waals surface area (Å²) in [6.45, 7) is 4.44. The number of rotatable bonds is 4. The SMILES string of the molecule is CC1(CCOc2ccccc2O)COC1. The van der Waals surface area contributed by atoms with E-state index in [9.17, 15) is 5.11 Å². The zero-order valence-electron chi connectivity index (χ0n) is 8.90. The van der Waals surface area contributed by atoms with Gasteiger partial charge in [0, 0.05) is 5.41 Å². The number of hydrogen-bond donors (Lipinski definition) is 1. The summed E-state index contributed by atoms with van der Waals surface area (Å²) in [5.41, 5.74) is 0.268. The molecule has 3 heteroatoms. The second-order valence-electron chi connectivity index (χ2n) is 4.37. The molecule has 0 bridgehead atoms. The van der Waals surface area contributed by atoms with Crippen molar-refractivity contribution in [3.8, 4) is 11.5 Å². The van der Waals surface area contributed by atoms with Gasteiger partial charge in [0.15, 0.2) is 11.5 Å². The van der Waals surface area contributed by atoms with Crippen LogP contribution in [0.15, 0.2) is 24.3 Å². The lowest BCUT2D eigenvalue weighted by atomic mass is 9.85. The largest absolute Gasteiger partial charge is 0.504 e. The average molecular weight is 208 g/mol. The first-order chi connectivity index (χ1) is 7.20. The summed E-state index contributed by atoms with van der Waals surface area (Å²) in [6.07, 6.45) is 0.960. The molecule has 15 heavy (non-hydrogen) atoms. The third-order valence-corrected chi connectivity index (χ3v) is 2.73. The van der Waals surface area contributed by atoms with E-state index < -0.39 is 0 Å². The number of aromatic hydroxyl groups is 1. The number of ether oxygens (including phenoxy) is 2. The van der Waals surface area contributed by atoms with Crippen molar-refractivity contribution in [1.29, 1.82) is 0 Å². The van der Waals surface area contributed by atoms with E-state index in [2.05, 4.69) is 6.92 Å². The highest BCUT2D eigenvalue weighted by molar-refractivity contribution is 5.37. The van der Waals surface area contributed by atoms with Crippen LogP contribution >= 0.6 is 0 Å². The summed E-state index contributed by atoms with van der Waals surface area (Å²) < 4.78 is 10.7. The molecular formula is C12H16O3. The van der Waals surface area contributed by atoms with Gasteiger partial charge in [0.05, 0.1) is 19.8 Å². The predicted molar refractivity (Wildman–Crippen MR) is 57.1 cm³/mol. The maximum absolute atomic E-state index is 9.46. The summed E-state index contributed by atoms with van der Waals surface area (Å²) in [5, 5.41) is 9.46. The third kappa shape index (κ3) is 2.42. The predicted octanol–water partition coefficient (Wildman–Crippen LogP) is 2.20. The Hall–Kier alpha value is -1.22. The van der Waals surface area contributed by atoms with E-state index in [-0.39, 0.29) is 11.2 Å². The Morgan fingerprint density at radius 1 is 1.40 bits per heavy atom. The molecule has 0 aromatic heterocycles. The van der Waals surface area contributed by atoms with Gasteiger partial charge in [0.2, 0.25) is 0 Å². The summed E-state index contributed by atoms with van der Waals surface area (Å²) in [5.74, 6) is 0.758. The number of benzene rings is 1. The molecule has 82 valence electrons. The van der Waals surface area contributed by atoms with Crippen LogP contribution in [0.4, 0.5) is 0 Å². The summed E-state index contributed by atoms with van der Waals surface area (Å²) in [7, 11) is 0. The molecule has 1 fully saturated rings. The smallest absolute Gasteiger partial charge is 0.160 e. The second kappa shape index (κ2) is 4.11. The zero-order chi connectivity index (χ0) is 10.7. The first-order valence-electron chi connectivity index (χ1n) is 5.18. The minimum atomic E-state index is 0.201. The van der Waals surface area contributed by atoms with Gasteiger partial charge in [-0.15, -0.1) is 0 Å². The van der Waals surface area contributed by atoms with Crippen molar-refractivity contribution >= 4 is 0 Å². The van der Waals surface area contributed by atoms with Crippen LogP contribution in [-0.2, 0) is 4.74 Å². The Kier molecular flexibility index (Phi) is 2.82. The highest BCUT2D eigenvalue weighted by Gasteiger charge is 2.32. The van der Waals surface area contributed by atoms with Crippen LogP contribution in [0.3, 0.4) is 0 Å². The first kappa shape index (κ1) is 10.3. The first-order valence-corrected chi connectivity index (χ1v) is 5.18. The van der Waals surface area contributed by atoms with Crippen LogP contribution in [-0.4, -0.2) is 24.9 Å². The molecule has 3 nitrogen and oxygen atoms in total. The topological polar surface area (TPSA) is 38.7 Å². The molecule has 1 N–H and O–H groups in total. The quantitative estimate of drug-likeness (QED) is 0.824. The molecule has 1 aromatic carbocycles. The van der Waals surface area contributed by atoms with Crippen LogP contribution in [0, 0.1) is 5.41 Å². The van der Waals surface area contributed by atoms with Crippen molar-refractivity contribution in [1.82, 2.24) is 0 Å². The van der Waals surface area contributed by atoms with Gasteiger partial charge in [-0.1, -0.05) is 19.1 Å². The molecule has 0 saturated carbocycles. The fourth-order valence-corrected chi connectivity index (χ4v) is 1.58. The fraction of sp³-hybridized carbons (Fsp3) is 0.500. The van der Waals surface area contributed by atoms with Crippen molar-refractivity contribution in [2.45, 2.75) is 13.3 Å². The van der Waals surface area contributed by atoms with Crippen LogP contribution in [0.5, 0.6) is 11.5 Å². The van der Waals surface area contributed by atoms with Crippen molar-refractivity contribution in [2.75, 3.05) is 19.8 Å². The molecule has 0 amide bonds. The molecule has 1 heterocycles. The average Bonchev–Trinajstić information content (AvgIpc) is 2.18. The summed E-state index contributed by atoms with van der Waals surface area (Å²) in [6, 6.07) is 7.03. The van der Waals surface area contributed by atoms with E-state index in [4.69, 9.17) is 9.47 Å². The molecule has 0 unspecified atom stereocenters. The minimum absolute atomic E-state index is 0.201. The Balaban J connectivity index is 1.81. The van der Waals surface area contributed by atoms with Crippen LogP contribution in [0.1, 0.15) is 13.3 Å². The van der Waals surface area contributed by atoms with Crippen molar-refractivity contribution in [3.63, 3.8) is 0 Å².